The highest BCUT2D eigenvalue weighted by atomic mass is 32.2. The van der Waals surface area contributed by atoms with Gasteiger partial charge in [0.2, 0.25) is 10.0 Å². The molecule has 0 aromatic heterocycles. The van der Waals surface area contributed by atoms with E-state index in [1.54, 1.807) is 18.2 Å². The molecule has 0 fully saturated rings. The van der Waals surface area contributed by atoms with Gasteiger partial charge in [-0.25, -0.2) is 13.2 Å². The van der Waals surface area contributed by atoms with E-state index in [-0.39, 0.29) is 13.0 Å². The Balaban J connectivity index is 2.17. The van der Waals surface area contributed by atoms with Crippen molar-refractivity contribution in [3.63, 3.8) is 0 Å². The number of urea groups is 1. The maximum absolute atomic E-state index is 12.5. The maximum Gasteiger partial charge on any atom is 0.325 e. The SMILES string of the molecule is CNC(=O)NC(=O)[C@H](C)OC(=O)[C@@H]1Cc2ccccc2CN1S(C)(=O)=O. The first-order valence-corrected chi connectivity index (χ1v) is 9.75. The van der Waals surface area contributed by atoms with Crippen LogP contribution >= 0.6 is 0 Å². The van der Waals surface area contributed by atoms with E-state index in [4.69, 9.17) is 4.74 Å². The van der Waals surface area contributed by atoms with E-state index in [0.717, 1.165) is 21.7 Å². The summed E-state index contributed by atoms with van der Waals surface area (Å²) in [4.78, 5) is 35.5. The number of esters is 1. The van der Waals surface area contributed by atoms with Crippen molar-refractivity contribution in [1.29, 1.82) is 0 Å². The largest absolute Gasteiger partial charge is 0.451 e. The lowest BCUT2D eigenvalue weighted by Gasteiger charge is -2.33. The van der Waals surface area contributed by atoms with E-state index in [2.05, 4.69) is 5.32 Å². The third kappa shape index (κ3) is 4.58. The average Bonchev–Trinajstić information content (AvgIpc) is 2.59. The molecule has 0 aliphatic carbocycles. The van der Waals surface area contributed by atoms with Crippen LogP contribution in [0.3, 0.4) is 0 Å². The fraction of sp³-hybridized carbons (Fsp3) is 0.438. The number of hydrogen-bond donors (Lipinski definition) is 2. The normalized spacial score (nSPS) is 18.3. The Hall–Kier alpha value is -2.46. The quantitative estimate of drug-likeness (QED) is 0.692. The highest BCUT2D eigenvalue weighted by Gasteiger charge is 2.39. The topological polar surface area (TPSA) is 122 Å². The number of imide groups is 1. The molecule has 9 nitrogen and oxygen atoms in total. The summed E-state index contributed by atoms with van der Waals surface area (Å²) in [6.07, 6.45) is -0.0900. The molecule has 10 heteroatoms. The molecule has 2 rings (SSSR count). The van der Waals surface area contributed by atoms with Gasteiger partial charge in [-0.05, 0) is 18.1 Å². The van der Waals surface area contributed by atoms with Gasteiger partial charge in [-0.3, -0.25) is 14.9 Å². The minimum absolute atomic E-state index is 0.0492. The molecule has 0 spiro atoms. The summed E-state index contributed by atoms with van der Waals surface area (Å²) < 4.78 is 30.4. The van der Waals surface area contributed by atoms with Crippen LogP contribution in [0.2, 0.25) is 0 Å². The van der Waals surface area contributed by atoms with E-state index in [9.17, 15) is 22.8 Å². The molecule has 26 heavy (non-hydrogen) atoms. The average molecular weight is 383 g/mol. The van der Waals surface area contributed by atoms with Gasteiger partial charge in [-0.1, -0.05) is 24.3 Å². The molecule has 1 aromatic carbocycles. The van der Waals surface area contributed by atoms with Crippen LogP contribution in [0.1, 0.15) is 18.1 Å². The molecule has 1 aliphatic heterocycles. The zero-order chi connectivity index (χ0) is 19.5. The molecule has 0 radical (unpaired) electrons. The molecule has 3 amide bonds. The van der Waals surface area contributed by atoms with E-state index in [1.807, 2.05) is 11.4 Å². The second kappa shape index (κ2) is 7.83. The number of sulfonamides is 1. The minimum Gasteiger partial charge on any atom is -0.451 e. The van der Waals surface area contributed by atoms with Gasteiger partial charge in [-0.2, -0.15) is 4.31 Å². The summed E-state index contributed by atoms with van der Waals surface area (Å²) in [5, 5.41) is 4.20. The maximum atomic E-state index is 12.5. The predicted octanol–water partition coefficient (Wildman–Crippen LogP) is -0.240. The lowest BCUT2D eigenvalue weighted by Crippen LogP contribution is -2.51. The highest BCUT2D eigenvalue weighted by Crippen LogP contribution is 2.26. The van der Waals surface area contributed by atoms with E-state index in [0.29, 0.717) is 0 Å². The molecule has 1 aromatic rings. The first kappa shape index (κ1) is 19.9. The van der Waals surface area contributed by atoms with E-state index < -0.39 is 40.1 Å². The van der Waals surface area contributed by atoms with Gasteiger partial charge in [0.15, 0.2) is 6.10 Å². The fourth-order valence-corrected chi connectivity index (χ4v) is 3.63. The number of ether oxygens (including phenoxy) is 1. The number of carbonyl (C=O) groups is 3. The second-order valence-corrected chi connectivity index (χ2v) is 7.88. The van der Waals surface area contributed by atoms with Crippen LogP contribution in [0.25, 0.3) is 0 Å². The monoisotopic (exact) mass is 383 g/mol. The molecule has 142 valence electrons. The molecule has 0 unspecified atom stereocenters. The number of nitrogens with zero attached hydrogens (tertiary/aromatic N) is 1. The van der Waals surface area contributed by atoms with Crippen LogP contribution in [0.15, 0.2) is 24.3 Å². The number of amides is 3. The van der Waals surface area contributed by atoms with Crippen LogP contribution in [-0.4, -0.2) is 56.1 Å². The van der Waals surface area contributed by atoms with Crippen molar-refractivity contribution in [2.24, 2.45) is 0 Å². The number of carbonyl (C=O) groups excluding carboxylic acids is 3. The van der Waals surface area contributed by atoms with Crippen molar-refractivity contribution in [3.05, 3.63) is 35.4 Å². The van der Waals surface area contributed by atoms with Crippen molar-refractivity contribution in [2.75, 3.05) is 13.3 Å². The van der Waals surface area contributed by atoms with Gasteiger partial charge in [-0.15, -0.1) is 0 Å². The van der Waals surface area contributed by atoms with Gasteiger partial charge >= 0.3 is 12.0 Å². The Morgan fingerprint density at radius 1 is 1.23 bits per heavy atom. The summed E-state index contributed by atoms with van der Waals surface area (Å²) in [6.45, 7) is 1.35. The van der Waals surface area contributed by atoms with Crippen molar-refractivity contribution in [3.8, 4) is 0 Å². The van der Waals surface area contributed by atoms with Gasteiger partial charge in [0.05, 0.1) is 6.26 Å². The third-order valence-corrected chi connectivity index (χ3v) is 5.27. The second-order valence-electron chi connectivity index (χ2n) is 5.94. The van der Waals surface area contributed by atoms with Gasteiger partial charge in [0.1, 0.15) is 6.04 Å². The Bertz CT molecular complexity index is 823. The van der Waals surface area contributed by atoms with Gasteiger partial charge in [0.25, 0.3) is 5.91 Å². The molecule has 2 N–H and O–H groups in total. The summed E-state index contributed by atoms with van der Waals surface area (Å²) >= 11 is 0. The molecule has 0 bridgehead atoms. The molecular formula is C16H21N3O6S. The van der Waals surface area contributed by atoms with Crippen molar-refractivity contribution in [1.82, 2.24) is 14.9 Å². The van der Waals surface area contributed by atoms with Gasteiger partial charge < -0.3 is 10.1 Å². The molecule has 0 saturated heterocycles. The van der Waals surface area contributed by atoms with Crippen LogP contribution in [0, 0.1) is 0 Å². The Morgan fingerprint density at radius 2 is 1.85 bits per heavy atom. The number of fused-ring (bicyclic) bond motifs is 1. The highest BCUT2D eigenvalue weighted by molar-refractivity contribution is 7.88. The lowest BCUT2D eigenvalue weighted by atomic mass is 9.96. The summed E-state index contributed by atoms with van der Waals surface area (Å²) in [5.74, 6) is -1.65. The van der Waals surface area contributed by atoms with Crippen LogP contribution in [0.4, 0.5) is 4.79 Å². The van der Waals surface area contributed by atoms with Crippen molar-refractivity contribution in [2.45, 2.75) is 32.0 Å². The lowest BCUT2D eigenvalue weighted by molar-refractivity contribution is -0.158. The number of hydrogen-bond acceptors (Lipinski definition) is 6. The number of rotatable bonds is 4. The Morgan fingerprint density at radius 3 is 2.42 bits per heavy atom. The molecule has 0 saturated carbocycles. The molecule has 1 heterocycles. The molecule has 1 aliphatic rings. The van der Waals surface area contributed by atoms with Crippen LogP contribution < -0.4 is 10.6 Å². The zero-order valence-electron chi connectivity index (χ0n) is 14.7. The number of nitrogens with one attached hydrogen (secondary N) is 2. The van der Waals surface area contributed by atoms with E-state index in [1.165, 1.54) is 14.0 Å². The van der Waals surface area contributed by atoms with Crippen molar-refractivity contribution >= 4 is 27.9 Å². The first-order valence-electron chi connectivity index (χ1n) is 7.90. The third-order valence-electron chi connectivity index (χ3n) is 4.03. The smallest absolute Gasteiger partial charge is 0.325 e. The molecule has 2 atom stereocenters. The predicted molar refractivity (Wildman–Crippen MR) is 92.5 cm³/mol. The molecular weight excluding hydrogens is 362 g/mol. The number of benzene rings is 1. The Labute approximate surface area is 151 Å². The summed E-state index contributed by atoms with van der Waals surface area (Å²) in [5.41, 5.74) is 1.66. The van der Waals surface area contributed by atoms with Gasteiger partial charge in [0, 0.05) is 20.0 Å². The van der Waals surface area contributed by atoms with Crippen LogP contribution in [-0.2, 0) is 37.3 Å². The fourth-order valence-electron chi connectivity index (χ4n) is 2.63. The summed E-state index contributed by atoms with van der Waals surface area (Å²) in [6, 6.07) is 5.41. The first-order chi connectivity index (χ1) is 12.1. The Kier molecular flexibility index (Phi) is 5.98. The van der Waals surface area contributed by atoms with Crippen LogP contribution in [0.5, 0.6) is 0 Å². The summed E-state index contributed by atoms with van der Waals surface area (Å²) in [7, 11) is -2.34. The minimum atomic E-state index is -3.67. The van der Waals surface area contributed by atoms with Crippen molar-refractivity contribution < 1.29 is 27.5 Å². The standard InChI is InChI=1S/C16H21N3O6S/c1-10(14(20)18-16(22)17-2)25-15(21)13-8-11-6-4-5-7-12(11)9-19(13)26(3,23)24/h4-7,10,13H,8-9H2,1-3H3,(H2,17,18,20,22)/t10-,13-/m0/s1. The van der Waals surface area contributed by atoms with E-state index >= 15 is 0 Å². The zero-order valence-corrected chi connectivity index (χ0v) is 15.5.